The van der Waals surface area contributed by atoms with Crippen molar-refractivity contribution in [3.8, 4) is 0 Å². The fourth-order valence-corrected chi connectivity index (χ4v) is 2.90. The molecule has 2 N–H and O–H groups in total. The van der Waals surface area contributed by atoms with Crippen LogP contribution >= 0.6 is 0 Å². The van der Waals surface area contributed by atoms with Crippen LogP contribution in [-0.4, -0.2) is 23.3 Å². The van der Waals surface area contributed by atoms with E-state index in [0.717, 1.165) is 5.92 Å². The van der Waals surface area contributed by atoms with Crippen molar-refractivity contribution in [1.82, 2.24) is 5.32 Å². The van der Waals surface area contributed by atoms with Crippen LogP contribution in [-0.2, 0) is 0 Å². The Morgan fingerprint density at radius 2 is 1.93 bits per heavy atom. The second-order valence-corrected chi connectivity index (χ2v) is 6.80. The molecule has 1 rings (SSSR count). The van der Waals surface area contributed by atoms with Crippen molar-refractivity contribution in [2.45, 2.75) is 65.5 Å². The first-order chi connectivity index (χ1) is 6.68. The summed E-state index contributed by atoms with van der Waals surface area (Å²) in [5, 5.41) is 13.2. The van der Waals surface area contributed by atoms with E-state index in [1.165, 1.54) is 19.3 Å². The predicted octanol–water partition coefficient (Wildman–Crippen LogP) is 2.56. The van der Waals surface area contributed by atoms with Crippen molar-refractivity contribution in [3.63, 3.8) is 0 Å². The summed E-state index contributed by atoms with van der Waals surface area (Å²) in [6, 6.07) is 0.579. The predicted molar refractivity (Wildman–Crippen MR) is 64.9 cm³/mol. The second-order valence-electron chi connectivity index (χ2n) is 6.80. The number of rotatable bonds is 3. The topological polar surface area (TPSA) is 32.3 Å². The van der Waals surface area contributed by atoms with Gasteiger partial charge in [-0.2, -0.15) is 0 Å². The second kappa shape index (κ2) is 4.42. The average molecular weight is 213 g/mol. The van der Waals surface area contributed by atoms with Gasteiger partial charge >= 0.3 is 0 Å². The SMILES string of the molecule is C[C@@H]1C[C@@H](NCC(C)(C)O)CC(C)(C)C1. The van der Waals surface area contributed by atoms with Crippen molar-refractivity contribution in [1.29, 1.82) is 0 Å². The van der Waals surface area contributed by atoms with Gasteiger partial charge in [-0.05, 0) is 44.4 Å². The van der Waals surface area contributed by atoms with Crippen LogP contribution in [0.3, 0.4) is 0 Å². The van der Waals surface area contributed by atoms with E-state index >= 15 is 0 Å². The van der Waals surface area contributed by atoms with Gasteiger partial charge in [-0.1, -0.05) is 20.8 Å². The van der Waals surface area contributed by atoms with Gasteiger partial charge in [-0.3, -0.25) is 0 Å². The Labute approximate surface area is 94.5 Å². The highest BCUT2D eigenvalue weighted by Crippen LogP contribution is 2.38. The number of aliphatic hydroxyl groups is 1. The molecule has 0 heterocycles. The molecule has 90 valence electrons. The van der Waals surface area contributed by atoms with Crippen LogP contribution < -0.4 is 5.32 Å². The minimum Gasteiger partial charge on any atom is -0.389 e. The van der Waals surface area contributed by atoms with Gasteiger partial charge in [0.05, 0.1) is 5.60 Å². The molecule has 0 unspecified atom stereocenters. The lowest BCUT2D eigenvalue weighted by atomic mass is 9.70. The third-order valence-electron chi connectivity index (χ3n) is 3.21. The first-order valence-electron chi connectivity index (χ1n) is 6.14. The molecule has 0 aromatic carbocycles. The molecule has 2 atom stereocenters. The lowest BCUT2D eigenvalue weighted by Crippen LogP contribution is -2.45. The molecule has 0 aromatic heterocycles. The van der Waals surface area contributed by atoms with E-state index in [2.05, 4.69) is 26.1 Å². The molecule has 0 spiro atoms. The van der Waals surface area contributed by atoms with Gasteiger partial charge in [0.25, 0.3) is 0 Å². The van der Waals surface area contributed by atoms with Gasteiger partial charge in [0.1, 0.15) is 0 Å². The van der Waals surface area contributed by atoms with E-state index in [1.54, 1.807) is 0 Å². The van der Waals surface area contributed by atoms with E-state index < -0.39 is 5.60 Å². The highest BCUT2D eigenvalue weighted by molar-refractivity contribution is 4.87. The minimum atomic E-state index is -0.592. The molecule has 1 saturated carbocycles. The van der Waals surface area contributed by atoms with E-state index in [4.69, 9.17) is 0 Å². The summed E-state index contributed by atoms with van der Waals surface area (Å²) >= 11 is 0. The smallest absolute Gasteiger partial charge is 0.0715 e. The number of hydrogen-bond donors (Lipinski definition) is 2. The Bertz CT molecular complexity index is 205. The first-order valence-corrected chi connectivity index (χ1v) is 6.14. The van der Waals surface area contributed by atoms with Crippen molar-refractivity contribution < 1.29 is 5.11 Å². The van der Waals surface area contributed by atoms with Crippen molar-refractivity contribution in [2.75, 3.05) is 6.54 Å². The average Bonchev–Trinajstić information content (AvgIpc) is 1.95. The Hall–Kier alpha value is -0.0800. The summed E-state index contributed by atoms with van der Waals surface area (Å²) in [6.07, 6.45) is 3.81. The highest BCUT2D eigenvalue weighted by atomic mass is 16.3. The van der Waals surface area contributed by atoms with Crippen molar-refractivity contribution >= 4 is 0 Å². The Morgan fingerprint density at radius 3 is 2.40 bits per heavy atom. The standard InChI is InChI=1S/C13H27NO/c1-10-6-11(8-12(2,3)7-10)14-9-13(4,5)15/h10-11,14-15H,6-9H2,1-5H3/t10-,11-/m1/s1. The molecule has 1 fully saturated rings. The molecule has 0 radical (unpaired) electrons. The Morgan fingerprint density at radius 1 is 1.33 bits per heavy atom. The van der Waals surface area contributed by atoms with Gasteiger partial charge < -0.3 is 10.4 Å². The maximum absolute atomic E-state index is 9.68. The van der Waals surface area contributed by atoms with Crippen molar-refractivity contribution in [3.05, 3.63) is 0 Å². The third kappa shape index (κ3) is 4.98. The molecule has 0 amide bonds. The summed E-state index contributed by atoms with van der Waals surface area (Å²) < 4.78 is 0. The summed E-state index contributed by atoms with van der Waals surface area (Å²) in [4.78, 5) is 0. The maximum Gasteiger partial charge on any atom is 0.0715 e. The van der Waals surface area contributed by atoms with Crippen LogP contribution in [0.1, 0.15) is 53.9 Å². The van der Waals surface area contributed by atoms with Gasteiger partial charge in [0, 0.05) is 12.6 Å². The zero-order valence-corrected chi connectivity index (χ0v) is 10.9. The van der Waals surface area contributed by atoms with E-state index in [9.17, 15) is 5.11 Å². The molecule has 1 aliphatic rings. The summed E-state index contributed by atoms with van der Waals surface area (Å²) in [6.45, 7) is 11.4. The Kier molecular flexibility index (Phi) is 3.83. The van der Waals surface area contributed by atoms with Crippen molar-refractivity contribution in [2.24, 2.45) is 11.3 Å². The van der Waals surface area contributed by atoms with E-state index in [-0.39, 0.29) is 0 Å². The molecule has 2 nitrogen and oxygen atoms in total. The molecular formula is C13H27NO. The van der Waals surface area contributed by atoms with Gasteiger partial charge in [-0.25, -0.2) is 0 Å². The van der Waals surface area contributed by atoms with Crippen LogP contribution in [0.2, 0.25) is 0 Å². The van der Waals surface area contributed by atoms with Crippen LogP contribution in [0.25, 0.3) is 0 Å². The molecule has 15 heavy (non-hydrogen) atoms. The Balaban J connectivity index is 2.42. The summed E-state index contributed by atoms with van der Waals surface area (Å²) in [7, 11) is 0. The maximum atomic E-state index is 9.68. The fraction of sp³-hybridized carbons (Fsp3) is 1.00. The normalized spacial score (nSPS) is 31.6. The monoisotopic (exact) mass is 213 g/mol. The molecule has 0 aromatic rings. The summed E-state index contributed by atoms with van der Waals surface area (Å²) in [5.41, 5.74) is -0.139. The molecule has 2 heteroatoms. The molecule has 0 bridgehead atoms. The number of hydrogen-bond acceptors (Lipinski definition) is 2. The van der Waals surface area contributed by atoms with Crippen LogP contribution in [0.4, 0.5) is 0 Å². The molecule has 0 aliphatic heterocycles. The van der Waals surface area contributed by atoms with Gasteiger partial charge in [-0.15, -0.1) is 0 Å². The van der Waals surface area contributed by atoms with Crippen LogP contribution in [0, 0.1) is 11.3 Å². The van der Waals surface area contributed by atoms with E-state index in [1.807, 2.05) is 13.8 Å². The summed E-state index contributed by atoms with van der Waals surface area (Å²) in [5.74, 6) is 0.799. The largest absolute Gasteiger partial charge is 0.389 e. The minimum absolute atomic E-state index is 0.453. The highest BCUT2D eigenvalue weighted by Gasteiger charge is 2.32. The zero-order valence-electron chi connectivity index (χ0n) is 10.9. The zero-order chi connectivity index (χ0) is 11.7. The molecule has 1 aliphatic carbocycles. The fourth-order valence-electron chi connectivity index (χ4n) is 2.90. The first kappa shape index (κ1) is 13.0. The van der Waals surface area contributed by atoms with Gasteiger partial charge in [0.2, 0.25) is 0 Å². The third-order valence-corrected chi connectivity index (χ3v) is 3.21. The number of nitrogens with one attached hydrogen (secondary N) is 1. The van der Waals surface area contributed by atoms with Crippen LogP contribution in [0.5, 0.6) is 0 Å². The van der Waals surface area contributed by atoms with Gasteiger partial charge in [0.15, 0.2) is 0 Å². The molecular weight excluding hydrogens is 186 g/mol. The van der Waals surface area contributed by atoms with Crippen LogP contribution in [0.15, 0.2) is 0 Å². The van der Waals surface area contributed by atoms with E-state index in [0.29, 0.717) is 18.0 Å². The quantitative estimate of drug-likeness (QED) is 0.755. The lowest BCUT2D eigenvalue weighted by Gasteiger charge is -2.40. The lowest BCUT2D eigenvalue weighted by molar-refractivity contribution is 0.0654. The molecule has 0 saturated heterocycles.